The Morgan fingerprint density at radius 1 is 1.32 bits per heavy atom. The predicted octanol–water partition coefficient (Wildman–Crippen LogP) is 0.698. The molecule has 0 unspecified atom stereocenters. The van der Waals surface area contributed by atoms with Gasteiger partial charge in [0.1, 0.15) is 12.6 Å². The molecule has 1 N–H and O–H groups in total. The summed E-state index contributed by atoms with van der Waals surface area (Å²) in [4.78, 5) is 29.7. The van der Waals surface area contributed by atoms with E-state index in [0.29, 0.717) is 19.8 Å². The van der Waals surface area contributed by atoms with Crippen LogP contribution in [0.4, 0.5) is 4.79 Å². The maximum Gasteiger partial charge on any atom is 0.410 e. The first-order valence-corrected chi connectivity index (χ1v) is 7.44. The third-order valence-corrected chi connectivity index (χ3v) is 3.95. The van der Waals surface area contributed by atoms with E-state index >= 15 is 0 Å². The Kier molecular flexibility index (Phi) is 4.53. The van der Waals surface area contributed by atoms with Crippen LogP contribution < -0.4 is 5.32 Å². The SMILES string of the molecule is O=C(NC1CCOCC1)[C@@H]1COC(=O)N1Cc1ccncc1. The molecule has 2 amide bonds. The number of hydrogen-bond acceptors (Lipinski definition) is 5. The van der Waals surface area contributed by atoms with Gasteiger partial charge < -0.3 is 14.8 Å². The standard InChI is InChI=1S/C15H19N3O4/c19-14(17-12-3-7-21-8-4-12)13-10-22-15(20)18(13)9-11-1-5-16-6-2-11/h1-2,5-6,12-13H,3-4,7-10H2,(H,17,19)/t13-/m0/s1. The minimum absolute atomic E-state index is 0.0962. The minimum atomic E-state index is -0.580. The molecular formula is C15H19N3O4. The Balaban J connectivity index is 1.63. The number of nitrogens with zero attached hydrogens (tertiary/aromatic N) is 2. The molecule has 2 aliphatic heterocycles. The van der Waals surface area contributed by atoms with Crippen LogP contribution in [-0.2, 0) is 20.8 Å². The molecule has 2 saturated heterocycles. The lowest BCUT2D eigenvalue weighted by molar-refractivity contribution is -0.126. The van der Waals surface area contributed by atoms with Crippen molar-refractivity contribution >= 4 is 12.0 Å². The molecule has 3 rings (SSSR count). The van der Waals surface area contributed by atoms with Crippen LogP contribution in [0, 0.1) is 0 Å². The number of cyclic esters (lactones) is 1. The van der Waals surface area contributed by atoms with E-state index in [4.69, 9.17) is 9.47 Å². The third-order valence-electron chi connectivity index (χ3n) is 3.95. The van der Waals surface area contributed by atoms with Gasteiger partial charge in [-0.25, -0.2) is 4.79 Å². The smallest absolute Gasteiger partial charge is 0.410 e. The number of ether oxygens (including phenoxy) is 2. The molecule has 0 spiro atoms. The molecular weight excluding hydrogens is 286 g/mol. The fourth-order valence-electron chi connectivity index (χ4n) is 2.67. The van der Waals surface area contributed by atoms with Gasteiger partial charge in [0.15, 0.2) is 0 Å². The van der Waals surface area contributed by atoms with Crippen molar-refractivity contribution in [1.82, 2.24) is 15.2 Å². The van der Waals surface area contributed by atoms with Crippen LogP contribution >= 0.6 is 0 Å². The Labute approximate surface area is 128 Å². The van der Waals surface area contributed by atoms with Crippen molar-refractivity contribution in [2.75, 3.05) is 19.8 Å². The quantitative estimate of drug-likeness (QED) is 0.885. The second kappa shape index (κ2) is 6.74. The molecule has 2 aliphatic rings. The molecule has 3 heterocycles. The van der Waals surface area contributed by atoms with Crippen LogP contribution in [0.25, 0.3) is 0 Å². The average Bonchev–Trinajstić information content (AvgIpc) is 2.90. The minimum Gasteiger partial charge on any atom is -0.447 e. The van der Waals surface area contributed by atoms with Crippen molar-refractivity contribution in [3.8, 4) is 0 Å². The average molecular weight is 305 g/mol. The summed E-state index contributed by atoms with van der Waals surface area (Å²) in [6.45, 7) is 1.75. The van der Waals surface area contributed by atoms with E-state index in [0.717, 1.165) is 18.4 Å². The number of pyridine rings is 1. The van der Waals surface area contributed by atoms with Crippen molar-refractivity contribution in [3.05, 3.63) is 30.1 Å². The van der Waals surface area contributed by atoms with Crippen LogP contribution in [0.2, 0.25) is 0 Å². The summed E-state index contributed by atoms with van der Waals surface area (Å²) in [5.74, 6) is -0.160. The highest BCUT2D eigenvalue weighted by Gasteiger charge is 2.38. The molecule has 7 nitrogen and oxygen atoms in total. The molecule has 7 heteroatoms. The Morgan fingerprint density at radius 2 is 2.05 bits per heavy atom. The van der Waals surface area contributed by atoms with Crippen molar-refractivity contribution in [1.29, 1.82) is 0 Å². The van der Waals surface area contributed by atoms with E-state index in [2.05, 4.69) is 10.3 Å². The summed E-state index contributed by atoms with van der Waals surface area (Å²) < 4.78 is 10.3. The van der Waals surface area contributed by atoms with Gasteiger partial charge in [0.25, 0.3) is 0 Å². The fraction of sp³-hybridized carbons (Fsp3) is 0.533. The predicted molar refractivity (Wildman–Crippen MR) is 76.9 cm³/mol. The van der Waals surface area contributed by atoms with Gasteiger partial charge in [-0.3, -0.25) is 14.7 Å². The second-order valence-corrected chi connectivity index (χ2v) is 5.47. The molecule has 118 valence electrons. The molecule has 22 heavy (non-hydrogen) atoms. The Morgan fingerprint density at radius 3 is 2.77 bits per heavy atom. The first-order valence-electron chi connectivity index (χ1n) is 7.44. The van der Waals surface area contributed by atoms with Crippen LogP contribution in [-0.4, -0.2) is 53.8 Å². The van der Waals surface area contributed by atoms with E-state index in [1.165, 1.54) is 4.90 Å². The highest BCUT2D eigenvalue weighted by molar-refractivity contribution is 5.88. The lowest BCUT2D eigenvalue weighted by Crippen LogP contribution is -2.49. The summed E-state index contributed by atoms with van der Waals surface area (Å²) in [6, 6.07) is 3.17. The summed E-state index contributed by atoms with van der Waals surface area (Å²) in [5.41, 5.74) is 0.915. The maximum absolute atomic E-state index is 12.4. The van der Waals surface area contributed by atoms with Gasteiger partial charge in [0.2, 0.25) is 5.91 Å². The lowest BCUT2D eigenvalue weighted by Gasteiger charge is -2.26. The van der Waals surface area contributed by atoms with Gasteiger partial charge in [-0.1, -0.05) is 0 Å². The number of amides is 2. The highest BCUT2D eigenvalue weighted by atomic mass is 16.6. The number of carbonyl (C=O) groups is 2. The van der Waals surface area contributed by atoms with Crippen LogP contribution in [0.3, 0.4) is 0 Å². The third kappa shape index (κ3) is 3.36. The summed E-state index contributed by atoms with van der Waals surface area (Å²) in [6.07, 6.45) is 4.47. The van der Waals surface area contributed by atoms with Gasteiger partial charge in [-0.05, 0) is 30.5 Å². The summed E-state index contributed by atoms with van der Waals surface area (Å²) >= 11 is 0. The summed E-state index contributed by atoms with van der Waals surface area (Å²) in [7, 11) is 0. The molecule has 0 radical (unpaired) electrons. The number of aromatic nitrogens is 1. The van der Waals surface area contributed by atoms with Gasteiger partial charge >= 0.3 is 6.09 Å². The number of carbonyl (C=O) groups excluding carboxylic acids is 2. The molecule has 2 fully saturated rings. The van der Waals surface area contributed by atoms with Crippen molar-refractivity contribution in [3.63, 3.8) is 0 Å². The zero-order valence-corrected chi connectivity index (χ0v) is 12.2. The number of hydrogen-bond donors (Lipinski definition) is 1. The zero-order chi connectivity index (χ0) is 15.4. The normalized spacial score (nSPS) is 22.5. The Hall–Kier alpha value is -2.15. The first-order chi connectivity index (χ1) is 10.7. The second-order valence-electron chi connectivity index (χ2n) is 5.47. The zero-order valence-electron chi connectivity index (χ0n) is 12.2. The van der Waals surface area contributed by atoms with E-state index < -0.39 is 12.1 Å². The number of nitrogens with one attached hydrogen (secondary N) is 1. The maximum atomic E-state index is 12.4. The molecule has 1 aromatic rings. The van der Waals surface area contributed by atoms with Crippen molar-refractivity contribution in [2.45, 2.75) is 31.5 Å². The van der Waals surface area contributed by atoms with Crippen LogP contribution in [0.5, 0.6) is 0 Å². The van der Waals surface area contributed by atoms with Crippen molar-refractivity contribution in [2.24, 2.45) is 0 Å². The van der Waals surface area contributed by atoms with E-state index in [1.807, 2.05) is 12.1 Å². The van der Waals surface area contributed by atoms with Crippen LogP contribution in [0.15, 0.2) is 24.5 Å². The van der Waals surface area contributed by atoms with E-state index in [1.54, 1.807) is 12.4 Å². The monoisotopic (exact) mass is 305 g/mol. The lowest BCUT2D eigenvalue weighted by atomic mass is 10.1. The largest absolute Gasteiger partial charge is 0.447 e. The molecule has 1 atom stereocenters. The molecule has 0 bridgehead atoms. The fourth-order valence-corrected chi connectivity index (χ4v) is 2.67. The van der Waals surface area contributed by atoms with Gasteiger partial charge in [0, 0.05) is 31.6 Å². The molecule has 0 saturated carbocycles. The summed E-state index contributed by atoms with van der Waals surface area (Å²) in [5, 5.41) is 2.99. The molecule has 1 aromatic heterocycles. The Bertz CT molecular complexity index is 531. The van der Waals surface area contributed by atoms with Gasteiger partial charge in [-0.2, -0.15) is 0 Å². The highest BCUT2D eigenvalue weighted by Crippen LogP contribution is 2.17. The van der Waals surface area contributed by atoms with Gasteiger partial charge in [-0.15, -0.1) is 0 Å². The van der Waals surface area contributed by atoms with E-state index in [9.17, 15) is 9.59 Å². The molecule has 0 aliphatic carbocycles. The van der Waals surface area contributed by atoms with Crippen molar-refractivity contribution < 1.29 is 19.1 Å². The van der Waals surface area contributed by atoms with E-state index in [-0.39, 0.29) is 18.6 Å². The number of rotatable bonds is 4. The van der Waals surface area contributed by atoms with Gasteiger partial charge in [0.05, 0.1) is 6.54 Å². The topological polar surface area (TPSA) is 80.8 Å². The molecule has 0 aromatic carbocycles. The van der Waals surface area contributed by atoms with Crippen LogP contribution in [0.1, 0.15) is 18.4 Å². The first kappa shape index (κ1) is 14.8.